The number of carboxylic acids is 1. The largest absolute Gasteiger partial charge is 0.491 e. The van der Waals surface area contributed by atoms with Crippen LogP contribution in [0.3, 0.4) is 0 Å². The van der Waals surface area contributed by atoms with Gasteiger partial charge in [0.2, 0.25) is 11.8 Å². The molecule has 1 saturated heterocycles. The second-order valence-electron chi connectivity index (χ2n) is 9.55. The molecule has 7 nitrogen and oxygen atoms in total. The van der Waals surface area contributed by atoms with E-state index in [1.807, 2.05) is 31.2 Å². The lowest BCUT2D eigenvalue weighted by Gasteiger charge is -2.32. The van der Waals surface area contributed by atoms with Crippen molar-refractivity contribution in [2.45, 2.75) is 51.6 Å². The predicted molar refractivity (Wildman–Crippen MR) is 137 cm³/mol. The summed E-state index contributed by atoms with van der Waals surface area (Å²) in [6.07, 6.45) is 2.79. The average Bonchev–Trinajstić information content (AvgIpc) is 3.59. The number of benzene rings is 2. The number of carbonyl (C=O) groups excluding carboxylic acids is 2. The number of carbonyl (C=O) groups is 3. The molecule has 36 heavy (non-hydrogen) atoms. The zero-order valence-electron chi connectivity index (χ0n) is 20.2. The third-order valence-corrected chi connectivity index (χ3v) is 7.42. The van der Waals surface area contributed by atoms with Gasteiger partial charge in [-0.3, -0.25) is 24.2 Å². The molecule has 0 bridgehead atoms. The van der Waals surface area contributed by atoms with Gasteiger partial charge in [-0.15, -0.1) is 0 Å². The van der Waals surface area contributed by atoms with Crippen LogP contribution in [0.15, 0.2) is 36.4 Å². The van der Waals surface area contributed by atoms with Crippen LogP contribution in [0.2, 0.25) is 10.0 Å². The van der Waals surface area contributed by atoms with Gasteiger partial charge in [-0.05, 0) is 60.6 Å². The number of amides is 2. The summed E-state index contributed by atoms with van der Waals surface area (Å²) in [5.41, 5.74) is 2.80. The van der Waals surface area contributed by atoms with Crippen LogP contribution >= 0.6 is 23.2 Å². The molecule has 0 radical (unpaired) electrons. The third-order valence-electron chi connectivity index (χ3n) is 6.68. The van der Waals surface area contributed by atoms with Gasteiger partial charge in [0, 0.05) is 32.0 Å². The monoisotopic (exact) mass is 532 g/mol. The SMILES string of the molecule is Cc1cc(CN(CC2CC2)[C@H](CC(=O)O)c2ccc(Cl)c(Cl)c2)ccc1OCCN1C(=O)CCC1=O. The van der Waals surface area contributed by atoms with Gasteiger partial charge in [-0.1, -0.05) is 41.4 Å². The fraction of sp³-hybridized carbons (Fsp3) is 0.444. The summed E-state index contributed by atoms with van der Waals surface area (Å²) in [7, 11) is 0. The Hall–Kier alpha value is -2.61. The molecule has 4 rings (SSSR count). The van der Waals surface area contributed by atoms with Crippen LogP contribution in [0.25, 0.3) is 0 Å². The van der Waals surface area contributed by atoms with Crippen molar-refractivity contribution in [2.24, 2.45) is 5.92 Å². The molecule has 2 amide bonds. The lowest BCUT2D eigenvalue weighted by molar-refractivity contribution is -0.140. The molecule has 0 aromatic heterocycles. The van der Waals surface area contributed by atoms with Gasteiger partial charge in [0.1, 0.15) is 12.4 Å². The molecule has 1 aliphatic heterocycles. The summed E-state index contributed by atoms with van der Waals surface area (Å²) >= 11 is 12.4. The number of rotatable bonds is 12. The van der Waals surface area contributed by atoms with Crippen LogP contribution in [0.4, 0.5) is 0 Å². The Balaban J connectivity index is 1.47. The van der Waals surface area contributed by atoms with E-state index in [2.05, 4.69) is 4.90 Å². The lowest BCUT2D eigenvalue weighted by Crippen LogP contribution is -2.33. The van der Waals surface area contributed by atoms with Crippen molar-refractivity contribution < 1.29 is 24.2 Å². The first-order valence-corrected chi connectivity index (χ1v) is 12.9. The van der Waals surface area contributed by atoms with Gasteiger partial charge in [0.25, 0.3) is 0 Å². The number of ether oxygens (including phenoxy) is 1. The highest BCUT2D eigenvalue weighted by Crippen LogP contribution is 2.37. The van der Waals surface area contributed by atoms with Gasteiger partial charge in [0.05, 0.1) is 23.0 Å². The minimum Gasteiger partial charge on any atom is -0.491 e. The molecule has 1 atom stereocenters. The third kappa shape index (κ3) is 6.78. The Bertz CT molecular complexity index is 1130. The molecule has 192 valence electrons. The topological polar surface area (TPSA) is 87.2 Å². The number of carboxylic acid groups (broad SMARTS) is 1. The van der Waals surface area contributed by atoms with Crippen LogP contribution in [-0.4, -0.2) is 52.4 Å². The fourth-order valence-electron chi connectivity index (χ4n) is 4.60. The predicted octanol–water partition coefficient (Wildman–Crippen LogP) is 5.26. The van der Waals surface area contributed by atoms with Gasteiger partial charge in [-0.2, -0.15) is 0 Å². The van der Waals surface area contributed by atoms with Crippen LogP contribution in [0.5, 0.6) is 5.75 Å². The first-order valence-electron chi connectivity index (χ1n) is 12.2. The maximum absolute atomic E-state index is 11.8. The van der Waals surface area contributed by atoms with Crippen molar-refractivity contribution >= 4 is 41.0 Å². The van der Waals surface area contributed by atoms with Crippen molar-refractivity contribution in [1.82, 2.24) is 9.80 Å². The molecule has 2 aromatic rings. The van der Waals surface area contributed by atoms with Crippen molar-refractivity contribution in [3.05, 3.63) is 63.1 Å². The molecule has 2 aliphatic rings. The number of hydrogen-bond donors (Lipinski definition) is 1. The summed E-state index contributed by atoms with van der Waals surface area (Å²) in [6.45, 7) is 3.81. The summed E-state index contributed by atoms with van der Waals surface area (Å²) in [5, 5.41) is 10.5. The van der Waals surface area contributed by atoms with E-state index in [0.717, 1.165) is 36.1 Å². The van der Waals surface area contributed by atoms with Crippen LogP contribution in [0.1, 0.15) is 54.8 Å². The normalized spacial score (nSPS) is 16.6. The number of aliphatic carboxylic acids is 1. The highest BCUT2D eigenvalue weighted by Gasteiger charge is 2.31. The van der Waals surface area contributed by atoms with Gasteiger partial charge in [-0.25, -0.2) is 0 Å². The summed E-state index contributed by atoms with van der Waals surface area (Å²) in [4.78, 5) is 38.8. The van der Waals surface area contributed by atoms with E-state index < -0.39 is 5.97 Å². The second-order valence-corrected chi connectivity index (χ2v) is 10.4. The number of aryl methyl sites for hydroxylation is 1. The standard InChI is InChI=1S/C27H30Cl2N2O5/c1-17-12-19(4-7-24(17)36-11-10-31-25(32)8-9-26(31)33)16-30(15-18-2-3-18)23(14-27(34)35)20-5-6-21(28)22(29)13-20/h4-7,12-13,18,23H,2-3,8-11,14-16H2,1H3,(H,34,35)/t23-/m1/s1. The second kappa shape index (κ2) is 11.6. The number of hydrogen-bond acceptors (Lipinski definition) is 5. The van der Waals surface area contributed by atoms with Crippen molar-refractivity contribution in [1.29, 1.82) is 0 Å². The molecule has 2 fully saturated rings. The minimum atomic E-state index is -0.873. The molecular weight excluding hydrogens is 503 g/mol. The fourth-order valence-corrected chi connectivity index (χ4v) is 4.91. The maximum Gasteiger partial charge on any atom is 0.305 e. The highest BCUT2D eigenvalue weighted by molar-refractivity contribution is 6.42. The van der Waals surface area contributed by atoms with Gasteiger partial charge in [0.15, 0.2) is 0 Å². The zero-order valence-corrected chi connectivity index (χ0v) is 21.7. The molecule has 9 heteroatoms. The number of likely N-dealkylation sites (tertiary alicyclic amines) is 1. The first kappa shape index (κ1) is 26.5. The van der Waals surface area contributed by atoms with E-state index in [0.29, 0.717) is 28.3 Å². The number of halogens is 2. The van der Waals surface area contributed by atoms with Crippen LogP contribution in [0, 0.1) is 12.8 Å². The van der Waals surface area contributed by atoms with Gasteiger partial charge >= 0.3 is 5.97 Å². The van der Waals surface area contributed by atoms with E-state index in [-0.39, 0.29) is 50.3 Å². The van der Waals surface area contributed by atoms with Crippen molar-refractivity contribution in [3.8, 4) is 5.75 Å². The lowest BCUT2D eigenvalue weighted by atomic mass is 10.00. The summed E-state index contributed by atoms with van der Waals surface area (Å²) in [5.74, 6) is 0.0809. The quantitative estimate of drug-likeness (QED) is 0.375. The van der Waals surface area contributed by atoms with Crippen molar-refractivity contribution in [2.75, 3.05) is 19.7 Å². The van der Waals surface area contributed by atoms with E-state index in [4.69, 9.17) is 27.9 Å². The summed E-state index contributed by atoms with van der Waals surface area (Å²) in [6, 6.07) is 10.9. The molecule has 1 heterocycles. The number of nitrogens with zero attached hydrogens (tertiary/aromatic N) is 2. The van der Waals surface area contributed by atoms with E-state index in [1.165, 1.54) is 4.90 Å². The molecule has 1 aliphatic carbocycles. The Labute approximate surface area is 220 Å². The van der Waals surface area contributed by atoms with Crippen LogP contribution < -0.4 is 4.74 Å². The molecule has 2 aromatic carbocycles. The zero-order chi connectivity index (χ0) is 25.8. The van der Waals surface area contributed by atoms with E-state index >= 15 is 0 Å². The Morgan fingerprint density at radius 1 is 1.11 bits per heavy atom. The van der Waals surface area contributed by atoms with E-state index in [9.17, 15) is 19.5 Å². The van der Waals surface area contributed by atoms with Crippen molar-refractivity contribution in [3.63, 3.8) is 0 Å². The maximum atomic E-state index is 11.8. The molecule has 0 spiro atoms. The molecule has 1 saturated carbocycles. The smallest absolute Gasteiger partial charge is 0.305 e. The average molecular weight is 533 g/mol. The Morgan fingerprint density at radius 2 is 1.83 bits per heavy atom. The Morgan fingerprint density at radius 3 is 2.44 bits per heavy atom. The van der Waals surface area contributed by atoms with Crippen LogP contribution in [-0.2, 0) is 20.9 Å². The molecule has 0 unspecified atom stereocenters. The van der Waals surface area contributed by atoms with E-state index in [1.54, 1.807) is 12.1 Å². The Kier molecular flexibility index (Phi) is 8.54. The molecular formula is C27H30Cl2N2O5. The van der Waals surface area contributed by atoms with Gasteiger partial charge < -0.3 is 9.84 Å². The minimum absolute atomic E-state index is 0.0429. The number of imide groups is 1. The highest BCUT2D eigenvalue weighted by atomic mass is 35.5. The summed E-state index contributed by atoms with van der Waals surface area (Å²) < 4.78 is 5.86. The first-order chi connectivity index (χ1) is 17.2. The molecule has 1 N–H and O–H groups in total.